The summed E-state index contributed by atoms with van der Waals surface area (Å²) < 4.78 is 37.0. The Hall–Kier alpha value is -0.210. The Kier molecular flexibility index (Phi) is 1.93. The number of rotatable bonds is 2. The van der Waals surface area contributed by atoms with Crippen LogP contribution in [0.4, 0.5) is 13.2 Å². The first kappa shape index (κ1) is 8.88. The van der Waals surface area contributed by atoms with Gasteiger partial charge in [0.15, 0.2) is 0 Å². The van der Waals surface area contributed by atoms with Gasteiger partial charge in [-0.05, 0) is 18.8 Å². The van der Waals surface area contributed by atoms with E-state index in [0.717, 1.165) is 0 Å². The van der Waals surface area contributed by atoms with Crippen LogP contribution in [0.25, 0.3) is 0 Å². The quantitative estimate of drug-likeness (QED) is 0.590. The van der Waals surface area contributed by atoms with E-state index < -0.39 is 11.6 Å². The van der Waals surface area contributed by atoms with Crippen LogP contribution in [0.2, 0.25) is 0 Å². The highest BCUT2D eigenvalue weighted by Gasteiger charge is 2.67. The largest absolute Gasteiger partial charge is 0.394 e. The molecule has 0 bridgehead atoms. The molecule has 0 saturated heterocycles. The van der Waals surface area contributed by atoms with Gasteiger partial charge in [-0.3, -0.25) is 0 Å². The third-order valence-corrected chi connectivity index (χ3v) is 2.92. The molecule has 1 saturated carbocycles. The summed E-state index contributed by atoms with van der Waals surface area (Å²) in [6, 6.07) is 0. The Labute approximate surface area is 64.8 Å². The minimum absolute atomic E-state index is 0.104. The maximum atomic E-state index is 12.3. The van der Waals surface area contributed by atoms with E-state index in [9.17, 15) is 13.2 Å². The molecule has 0 radical (unpaired) electrons. The molecule has 66 valence electrons. The highest BCUT2D eigenvalue weighted by molar-refractivity contribution is 5.05. The van der Waals surface area contributed by atoms with Gasteiger partial charge in [-0.15, -0.1) is 0 Å². The van der Waals surface area contributed by atoms with Crippen molar-refractivity contribution in [2.75, 3.05) is 0 Å². The summed E-state index contributed by atoms with van der Waals surface area (Å²) in [5.74, 6) is -0.104. The van der Waals surface area contributed by atoms with Gasteiger partial charge in [-0.25, -0.2) is 0 Å². The molecule has 0 aromatic heterocycles. The Morgan fingerprint density at radius 2 is 1.91 bits per heavy atom. The average Bonchev–Trinajstić information content (AvgIpc) is 2.60. The molecule has 0 N–H and O–H groups in total. The SMILES string of the molecule is CCC1CC1(CC)C(F)(F)F. The van der Waals surface area contributed by atoms with E-state index in [4.69, 9.17) is 0 Å². The molecule has 0 heterocycles. The van der Waals surface area contributed by atoms with Crippen molar-refractivity contribution in [3.05, 3.63) is 0 Å². The third-order valence-electron chi connectivity index (χ3n) is 2.92. The van der Waals surface area contributed by atoms with Crippen LogP contribution in [-0.4, -0.2) is 6.18 Å². The molecule has 1 fully saturated rings. The first-order chi connectivity index (χ1) is 4.98. The van der Waals surface area contributed by atoms with Gasteiger partial charge >= 0.3 is 6.18 Å². The Balaban J connectivity index is 2.67. The van der Waals surface area contributed by atoms with Crippen LogP contribution in [0.1, 0.15) is 33.1 Å². The minimum Gasteiger partial charge on any atom is -0.170 e. The third kappa shape index (κ3) is 1.14. The second-order valence-corrected chi connectivity index (χ2v) is 3.32. The van der Waals surface area contributed by atoms with Gasteiger partial charge in [0, 0.05) is 0 Å². The molecule has 0 aromatic carbocycles. The van der Waals surface area contributed by atoms with E-state index in [1.807, 2.05) is 6.92 Å². The van der Waals surface area contributed by atoms with Crippen LogP contribution < -0.4 is 0 Å². The topological polar surface area (TPSA) is 0 Å². The summed E-state index contributed by atoms with van der Waals surface area (Å²) in [5, 5.41) is 0. The maximum absolute atomic E-state index is 12.3. The fraction of sp³-hybridized carbons (Fsp3) is 1.00. The van der Waals surface area contributed by atoms with Crippen molar-refractivity contribution >= 4 is 0 Å². The molecular weight excluding hydrogens is 153 g/mol. The second-order valence-electron chi connectivity index (χ2n) is 3.32. The summed E-state index contributed by atoms with van der Waals surface area (Å²) >= 11 is 0. The van der Waals surface area contributed by atoms with E-state index in [0.29, 0.717) is 12.8 Å². The minimum atomic E-state index is -3.97. The lowest BCUT2D eigenvalue weighted by molar-refractivity contribution is -0.192. The summed E-state index contributed by atoms with van der Waals surface area (Å²) in [4.78, 5) is 0. The van der Waals surface area contributed by atoms with Crippen LogP contribution >= 0.6 is 0 Å². The van der Waals surface area contributed by atoms with Crippen LogP contribution in [0.15, 0.2) is 0 Å². The molecule has 2 atom stereocenters. The van der Waals surface area contributed by atoms with Crippen molar-refractivity contribution in [2.45, 2.75) is 39.3 Å². The number of hydrogen-bond acceptors (Lipinski definition) is 0. The van der Waals surface area contributed by atoms with Crippen molar-refractivity contribution < 1.29 is 13.2 Å². The standard InChI is InChI=1S/C8H13F3/c1-3-6-5-7(6,4-2)8(9,10)11/h6H,3-5H2,1-2H3. The van der Waals surface area contributed by atoms with E-state index in [2.05, 4.69) is 0 Å². The molecule has 0 aromatic rings. The Bertz CT molecular complexity index is 150. The van der Waals surface area contributed by atoms with Gasteiger partial charge in [0.1, 0.15) is 0 Å². The summed E-state index contributed by atoms with van der Waals surface area (Å²) in [6.07, 6.45) is -2.71. The lowest BCUT2D eigenvalue weighted by Gasteiger charge is -2.18. The van der Waals surface area contributed by atoms with E-state index >= 15 is 0 Å². The van der Waals surface area contributed by atoms with Gasteiger partial charge in [-0.1, -0.05) is 20.3 Å². The smallest absolute Gasteiger partial charge is 0.170 e. The van der Waals surface area contributed by atoms with Crippen molar-refractivity contribution in [2.24, 2.45) is 11.3 Å². The molecular formula is C8H13F3. The first-order valence-corrected chi connectivity index (χ1v) is 4.04. The van der Waals surface area contributed by atoms with E-state index in [1.54, 1.807) is 6.92 Å². The number of alkyl halides is 3. The van der Waals surface area contributed by atoms with Crippen molar-refractivity contribution in [3.8, 4) is 0 Å². The van der Waals surface area contributed by atoms with Gasteiger partial charge < -0.3 is 0 Å². The Morgan fingerprint density at radius 1 is 1.36 bits per heavy atom. The predicted molar refractivity (Wildman–Crippen MR) is 37.2 cm³/mol. The Morgan fingerprint density at radius 3 is 2.00 bits per heavy atom. The zero-order chi connectivity index (χ0) is 8.70. The highest BCUT2D eigenvalue weighted by atomic mass is 19.4. The van der Waals surface area contributed by atoms with Gasteiger partial charge in [0.05, 0.1) is 5.41 Å². The lowest BCUT2D eigenvalue weighted by Crippen LogP contribution is -2.25. The molecule has 1 aliphatic rings. The molecule has 1 aliphatic carbocycles. The summed E-state index contributed by atoms with van der Waals surface area (Å²) in [6.45, 7) is 3.46. The molecule has 1 rings (SSSR count). The number of halogens is 3. The molecule has 0 spiro atoms. The zero-order valence-corrected chi connectivity index (χ0v) is 6.83. The summed E-state index contributed by atoms with van der Waals surface area (Å²) in [5.41, 5.74) is -1.30. The zero-order valence-electron chi connectivity index (χ0n) is 6.83. The maximum Gasteiger partial charge on any atom is 0.394 e. The van der Waals surface area contributed by atoms with Crippen molar-refractivity contribution in [1.82, 2.24) is 0 Å². The molecule has 0 amide bonds. The molecule has 2 unspecified atom stereocenters. The van der Waals surface area contributed by atoms with Crippen LogP contribution in [0.3, 0.4) is 0 Å². The van der Waals surface area contributed by atoms with Crippen molar-refractivity contribution in [1.29, 1.82) is 0 Å². The molecule has 0 aliphatic heterocycles. The fourth-order valence-electron chi connectivity index (χ4n) is 1.90. The fourth-order valence-corrected chi connectivity index (χ4v) is 1.90. The molecule has 3 heteroatoms. The van der Waals surface area contributed by atoms with Gasteiger partial charge in [0.2, 0.25) is 0 Å². The predicted octanol–water partition coefficient (Wildman–Crippen LogP) is 3.38. The first-order valence-electron chi connectivity index (χ1n) is 4.04. The van der Waals surface area contributed by atoms with Crippen LogP contribution in [-0.2, 0) is 0 Å². The van der Waals surface area contributed by atoms with Crippen LogP contribution in [0.5, 0.6) is 0 Å². The molecule has 0 nitrogen and oxygen atoms in total. The van der Waals surface area contributed by atoms with Gasteiger partial charge in [0.25, 0.3) is 0 Å². The average molecular weight is 166 g/mol. The molecule has 11 heavy (non-hydrogen) atoms. The number of hydrogen-bond donors (Lipinski definition) is 0. The highest BCUT2D eigenvalue weighted by Crippen LogP contribution is 2.65. The summed E-state index contributed by atoms with van der Waals surface area (Å²) in [7, 11) is 0. The monoisotopic (exact) mass is 166 g/mol. The van der Waals surface area contributed by atoms with Crippen LogP contribution in [0, 0.1) is 11.3 Å². The normalized spacial score (nSPS) is 37.4. The lowest BCUT2D eigenvalue weighted by atomic mass is 9.99. The second kappa shape index (κ2) is 2.39. The van der Waals surface area contributed by atoms with E-state index in [-0.39, 0.29) is 12.3 Å². The van der Waals surface area contributed by atoms with Gasteiger partial charge in [-0.2, -0.15) is 13.2 Å². The van der Waals surface area contributed by atoms with Crippen molar-refractivity contribution in [3.63, 3.8) is 0 Å². The van der Waals surface area contributed by atoms with E-state index in [1.165, 1.54) is 0 Å².